The molecule has 0 aliphatic heterocycles. The molecule has 1 heterocycles. The van der Waals surface area contributed by atoms with Gasteiger partial charge >= 0.3 is 0 Å². The van der Waals surface area contributed by atoms with Crippen molar-refractivity contribution in [2.75, 3.05) is 7.11 Å². The maximum Gasteiger partial charge on any atom is 0.263 e. The standard InChI is InChI=1S/C22H19NO3/c1-13-5-4-6-14(2)21(13)23-20-11-15(24)7-9-18(20)17-10-8-16(26-3)12-19(17)22(23)25/h4-12,24H,1-3H3. The number of hydrogen-bond donors (Lipinski definition) is 1. The van der Waals surface area contributed by atoms with E-state index in [0.717, 1.165) is 27.6 Å². The fraction of sp³-hybridized carbons (Fsp3) is 0.136. The zero-order valence-electron chi connectivity index (χ0n) is 14.9. The number of fused-ring (bicyclic) bond motifs is 3. The first-order valence-electron chi connectivity index (χ1n) is 8.43. The Kier molecular flexibility index (Phi) is 3.69. The highest BCUT2D eigenvalue weighted by atomic mass is 16.5. The van der Waals surface area contributed by atoms with Crippen LogP contribution in [-0.2, 0) is 0 Å². The molecule has 26 heavy (non-hydrogen) atoms. The Morgan fingerprint density at radius 3 is 2.27 bits per heavy atom. The number of pyridine rings is 1. The molecule has 4 heteroatoms. The van der Waals surface area contributed by atoms with Gasteiger partial charge in [0, 0.05) is 11.5 Å². The summed E-state index contributed by atoms with van der Waals surface area (Å²) in [6.07, 6.45) is 0. The summed E-state index contributed by atoms with van der Waals surface area (Å²) in [5, 5.41) is 12.4. The minimum Gasteiger partial charge on any atom is -0.508 e. The van der Waals surface area contributed by atoms with Gasteiger partial charge < -0.3 is 9.84 Å². The minimum atomic E-state index is -0.130. The van der Waals surface area contributed by atoms with Crippen LogP contribution in [0.25, 0.3) is 27.4 Å². The van der Waals surface area contributed by atoms with Crippen LogP contribution in [0.5, 0.6) is 11.5 Å². The van der Waals surface area contributed by atoms with Crippen LogP contribution in [-0.4, -0.2) is 16.8 Å². The third kappa shape index (κ3) is 2.34. The van der Waals surface area contributed by atoms with Crippen LogP contribution in [0.4, 0.5) is 0 Å². The Balaban J connectivity index is 2.29. The number of nitrogens with zero attached hydrogens (tertiary/aromatic N) is 1. The molecule has 0 fully saturated rings. The number of aromatic nitrogens is 1. The first-order valence-corrected chi connectivity index (χ1v) is 8.43. The van der Waals surface area contributed by atoms with Crippen molar-refractivity contribution >= 4 is 21.7 Å². The third-order valence-electron chi connectivity index (χ3n) is 4.84. The first kappa shape index (κ1) is 16.2. The zero-order chi connectivity index (χ0) is 18.4. The van der Waals surface area contributed by atoms with Crippen molar-refractivity contribution in [2.24, 2.45) is 0 Å². The van der Waals surface area contributed by atoms with Crippen LogP contribution in [0, 0.1) is 13.8 Å². The normalized spacial score (nSPS) is 11.2. The van der Waals surface area contributed by atoms with Crippen molar-refractivity contribution in [3.63, 3.8) is 0 Å². The van der Waals surface area contributed by atoms with E-state index in [4.69, 9.17) is 4.74 Å². The van der Waals surface area contributed by atoms with E-state index in [1.807, 2.05) is 50.2 Å². The van der Waals surface area contributed by atoms with E-state index < -0.39 is 0 Å². The lowest BCUT2D eigenvalue weighted by molar-refractivity contribution is 0.415. The van der Waals surface area contributed by atoms with E-state index in [0.29, 0.717) is 16.7 Å². The van der Waals surface area contributed by atoms with Gasteiger partial charge in [0.2, 0.25) is 0 Å². The summed E-state index contributed by atoms with van der Waals surface area (Å²) < 4.78 is 7.01. The van der Waals surface area contributed by atoms with Gasteiger partial charge in [-0.25, -0.2) is 0 Å². The predicted molar refractivity (Wildman–Crippen MR) is 105 cm³/mol. The maximum absolute atomic E-state index is 13.5. The fourth-order valence-corrected chi connectivity index (χ4v) is 3.61. The molecule has 0 atom stereocenters. The minimum absolute atomic E-state index is 0.129. The summed E-state index contributed by atoms with van der Waals surface area (Å²) in [7, 11) is 1.59. The fourth-order valence-electron chi connectivity index (χ4n) is 3.61. The molecule has 0 unspecified atom stereocenters. The van der Waals surface area contributed by atoms with E-state index >= 15 is 0 Å². The van der Waals surface area contributed by atoms with Gasteiger partial charge in [-0.1, -0.05) is 18.2 Å². The van der Waals surface area contributed by atoms with Crippen LogP contribution in [0.15, 0.2) is 59.4 Å². The summed E-state index contributed by atoms with van der Waals surface area (Å²) in [5.74, 6) is 0.769. The van der Waals surface area contributed by atoms with Crippen molar-refractivity contribution in [1.29, 1.82) is 0 Å². The number of phenols is 1. The smallest absolute Gasteiger partial charge is 0.263 e. The second-order valence-corrected chi connectivity index (χ2v) is 6.49. The molecule has 130 valence electrons. The first-order chi connectivity index (χ1) is 12.5. The van der Waals surface area contributed by atoms with E-state index in [2.05, 4.69) is 0 Å². The molecular weight excluding hydrogens is 326 g/mol. The second-order valence-electron chi connectivity index (χ2n) is 6.49. The summed E-state index contributed by atoms with van der Waals surface area (Å²) in [5.41, 5.74) is 3.40. The number of aryl methyl sites for hydroxylation is 2. The number of ether oxygens (including phenoxy) is 1. The Morgan fingerprint density at radius 1 is 0.885 bits per heavy atom. The van der Waals surface area contributed by atoms with Crippen molar-refractivity contribution in [3.8, 4) is 17.2 Å². The Bertz CT molecular complexity index is 1200. The molecule has 0 saturated carbocycles. The van der Waals surface area contributed by atoms with Gasteiger partial charge in [-0.15, -0.1) is 0 Å². The van der Waals surface area contributed by atoms with Crippen LogP contribution in [0.1, 0.15) is 11.1 Å². The van der Waals surface area contributed by atoms with Gasteiger partial charge in [-0.2, -0.15) is 0 Å². The molecule has 4 rings (SSSR count). The van der Waals surface area contributed by atoms with Crippen molar-refractivity contribution in [2.45, 2.75) is 13.8 Å². The Hall–Kier alpha value is -3.27. The SMILES string of the molecule is COc1ccc2c(c1)c(=O)n(-c1c(C)cccc1C)c1cc(O)ccc21. The topological polar surface area (TPSA) is 51.5 Å². The van der Waals surface area contributed by atoms with Gasteiger partial charge in [0.25, 0.3) is 5.56 Å². The molecule has 1 N–H and O–H groups in total. The number of para-hydroxylation sites is 1. The Labute approximate surface area is 150 Å². The highest BCUT2D eigenvalue weighted by molar-refractivity contribution is 6.07. The lowest BCUT2D eigenvalue weighted by Gasteiger charge is -2.18. The van der Waals surface area contributed by atoms with Gasteiger partial charge in [-0.05, 0) is 60.7 Å². The predicted octanol–water partition coefficient (Wildman–Crippen LogP) is 4.47. The second kappa shape index (κ2) is 5.92. The van der Waals surface area contributed by atoms with Gasteiger partial charge in [0.05, 0.1) is 23.7 Å². The number of rotatable bonds is 2. The van der Waals surface area contributed by atoms with E-state index in [1.165, 1.54) is 0 Å². The molecule has 0 radical (unpaired) electrons. The molecule has 0 bridgehead atoms. The number of benzene rings is 3. The van der Waals surface area contributed by atoms with Crippen molar-refractivity contribution in [1.82, 2.24) is 4.57 Å². The molecule has 4 nitrogen and oxygen atoms in total. The Morgan fingerprint density at radius 2 is 1.58 bits per heavy atom. The molecule has 0 amide bonds. The number of phenolic OH excluding ortho intramolecular Hbond substituents is 1. The molecule has 0 aliphatic carbocycles. The molecule has 3 aromatic carbocycles. The quantitative estimate of drug-likeness (QED) is 0.545. The highest BCUT2D eigenvalue weighted by Gasteiger charge is 2.16. The van der Waals surface area contributed by atoms with E-state index in [-0.39, 0.29) is 11.3 Å². The number of aromatic hydroxyl groups is 1. The van der Waals surface area contributed by atoms with Crippen LogP contribution >= 0.6 is 0 Å². The van der Waals surface area contributed by atoms with Crippen LogP contribution in [0.3, 0.4) is 0 Å². The average molecular weight is 345 g/mol. The van der Waals surface area contributed by atoms with E-state index in [9.17, 15) is 9.90 Å². The van der Waals surface area contributed by atoms with E-state index in [1.54, 1.807) is 29.9 Å². The third-order valence-corrected chi connectivity index (χ3v) is 4.84. The van der Waals surface area contributed by atoms with Crippen molar-refractivity contribution in [3.05, 3.63) is 76.1 Å². The summed E-state index contributed by atoms with van der Waals surface area (Å²) >= 11 is 0. The molecule has 1 aromatic heterocycles. The summed E-state index contributed by atoms with van der Waals surface area (Å²) in [4.78, 5) is 13.5. The largest absolute Gasteiger partial charge is 0.508 e. The lowest BCUT2D eigenvalue weighted by atomic mass is 10.0. The molecule has 0 spiro atoms. The van der Waals surface area contributed by atoms with Gasteiger partial charge in [-0.3, -0.25) is 9.36 Å². The average Bonchev–Trinajstić information content (AvgIpc) is 2.63. The van der Waals surface area contributed by atoms with Crippen LogP contribution < -0.4 is 10.3 Å². The van der Waals surface area contributed by atoms with Gasteiger partial charge in [0.1, 0.15) is 11.5 Å². The van der Waals surface area contributed by atoms with Gasteiger partial charge in [0.15, 0.2) is 0 Å². The molecular formula is C22H19NO3. The zero-order valence-corrected chi connectivity index (χ0v) is 14.9. The molecule has 4 aromatic rings. The van der Waals surface area contributed by atoms with Crippen molar-refractivity contribution < 1.29 is 9.84 Å². The molecule has 0 aliphatic rings. The van der Waals surface area contributed by atoms with Crippen LogP contribution in [0.2, 0.25) is 0 Å². The monoisotopic (exact) mass is 345 g/mol. The maximum atomic E-state index is 13.5. The summed E-state index contributed by atoms with van der Waals surface area (Å²) in [6, 6.07) is 16.6. The molecule has 0 saturated heterocycles. The summed E-state index contributed by atoms with van der Waals surface area (Å²) in [6.45, 7) is 3.97. The highest BCUT2D eigenvalue weighted by Crippen LogP contribution is 2.31. The number of hydrogen-bond acceptors (Lipinski definition) is 3. The lowest BCUT2D eigenvalue weighted by Crippen LogP contribution is -2.21. The number of methoxy groups -OCH3 is 1.